The molecule has 1 aromatic heterocycles. The van der Waals surface area contributed by atoms with Crippen LogP contribution in [0.1, 0.15) is 51.9 Å². The summed E-state index contributed by atoms with van der Waals surface area (Å²) in [6.45, 7) is -1.59. The van der Waals surface area contributed by atoms with Gasteiger partial charge in [-0.15, -0.1) is 0 Å². The molecule has 2 aliphatic rings. The van der Waals surface area contributed by atoms with Gasteiger partial charge in [0.05, 0.1) is 5.56 Å². The number of anilines is 1. The lowest BCUT2D eigenvalue weighted by Gasteiger charge is -2.41. The SMILES string of the molecule is O=Cc1cc(F)cc(N2CC(c3ccc(OCc4c(-c5ccccc5OC(F)F)noc4C4CC4)cc3Cl)C2)c1. The largest absolute Gasteiger partial charge is 0.489 e. The number of halogens is 4. The first kappa shape index (κ1) is 26.3. The number of hydrogen-bond acceptors (Lipinski definition) is 6. The van der Waals surface area contributed by atoms with Crippen molar-refractivity contribution in [3.05, 3.63) is 94.0 Å². The third-order valence-electron chi connectivity index (χ3n) is 7.21. The van der Waals surface area contributed by atoms with Gasteiger partial charge in [-0.1, -0.05) is 35.0 Å². The fourth-order valence-electron chi connectivity index (χ4n) is 5.02. The van der Waals surface area contributed by atoms with Crippen molar-refractivity contribution in [2.45, 2.75) is 37.9 Å². The molecule has 4 aromatic rings. The molecule has 1 saturated carbocycles. The molecule has 2 fully saturated rings. The van der Waals surface area contributed by atoms with Crippen LogP contribution in [0.4, 0.5) is 18.9 Å². The summed E-state index contributed by atoms with van der Waals surface area (Å²) in [5.74, 6) is 1.15. The van der Waals surface area contributed by atoms with Gasteiger partial charge in [0.1, 0.15) is 41.7 Å². The topological polar surface area (TPSA) is 64.8 Å². The lowest BCUT2D eigenvalue weighted by Crippen LogP contribution is -2.45. The van der Waals surface area contributed by atoms with E-state index in [-0.39, 0.29) is 24.2 Å². The number of para-hydroxylation sites is 1. The van der Waals surface area contributed by atoms with E-state index in [0.717, 1.165) is 18.4 Å². The number of ether oxygens (including phenoxy) is 2. The Labute approximate surface area is 233 Å². The predicted octanol–water partition coefficient (Wildman–Crippen LogP) is 7.61. The first-order valence-electron chi connectivity index (χ1n) is 12.8. The molecule has 0 amide bonds. The minimum Gasteiger partial charge on any atom is -0.489 e. The van der Waals surface area contributed by atoms with Crippen molar-refractivity contribution in [1.82, 2.24) is 5.16 Å². The second-order valence-corrected chi connectivity index (χ2v) is 10.4. The summed E-state index contributed by atoms with van der Waals surface area (Å²) in [6, 6.07) is 16.2. The highest BCUT2D eigenvalue weighted by Gasteiger charge is 2.34. The minimum absolute atomic E-state index is 0.0111. The molecule has 0 bridgehead atoms. The van der Waals surface area contributed by atoms with E-state index in [1.54, 1.807) is 30.3 Å². The van der Waals surface area contributed by atoms with Crippen LogP contribution in [0.2, 0.25) is 5.02 Å². The maximum atomic E-state index is 13.8. The van der Waals surface area contributed by atoms with Gasteiger partial charge in [-0.25, -0.2) is 4.39 Å². The molecule has 0 N–H and O–H groups in total. The number of aromatic nitrogens is 1. The van der Waals surface area contributed by atoms with Crippen molar-refractivity contribution in [2.24, 2.45) is 0 Å². The van der Waals surface area contributed by atoms with Crippen LogP contribution in [0.3, 0.4) is 0 Å². The van der Waals surface area contributed by atoms with Crippen LogP contribution in [-0.2, 0) is 6.61 Å². The molecular weight excluding hydrogens is 545 g/mol. The van der Waals surface area contributed by atoms with E-state index in [9.17, 15) is 18.0 Å². The molecule has 206 valence electrons. The van der Waals surface area contributed by atoms with Gasteiger partial charge in [-0.05, 0) is 60.9 Å². The number of hydrogen-bond donors (Lipinski definition) is 0. The smallest absolute Gasteiger partial charge is 0.387 e. The number of nitrogens with zero attached hydrogens (tertiary/aromatic N) is 2. The number of benzene rings is 3. The molecule has 40 heavy (non-hydrogen) atoms. The van der Waals surface area contributed by atoms with Crippen LogP contribution >= 0.6 is 11.6 Å². The number of carbonyl (C=O) groups is 1. The van der Waals surface area contributed by atoms with Gasteiger partial charge in [0.2, 0.25) is 0 Å². The Balaban J connectivity index is 1.17. The molecule has 6 rings (SSSR count). The van der Waals surface area contributed by atoms with Gasteiger partial charge < -0.3 is 18.9 Å². The van der Waals surface area contributed by atoms with Crippen molar-refractivity contribution in [3.63, 3.8) is 0 Å². The van der Waals surface area contributed by atoms with Gasteiger partial charge in [-0.2, -0.15) is 8.78 Å². The summed E-state index contributed by atoms with van der Waals surface area (Å²) in [5.41, 5.74) is 3.39. The molecule has 0 atom stereocenters. The lowest BCUT2D eigenvalue weighted by atomic mass is 9.90. The Morgan fingerprint density at radius 3 is 2.60 bits per heavy atom. The van der Waals surface area contributed by atoms with Gasteiger partial charge >= 0.3 is 6.61 Å². The van der Waals surface area contributed by atoms with Crippen molar-refractivity contribution in [2.75, 3.05) is 18.0 Å². The van der Waals surface area contributed by atoms with Crippen LogP contribution in [0.25, 0.3) is 11.3 Å². The van der Waals surface area contributed by atoms with Crippen LogP contribution in [0.5, 0.6) is 11.5 Å². The van der Waals surface area contributed by atoms with E-state index in [4.69, 9.17) is 25.6 Å². The van der Waals surface area contributed by atoms with Crippen LogP contribution in [0.15, 0.2) is 65.2 Å². The maximum Gasteiger partial charge on any atom is 0.387 e. The van der Waals surface area contributed by atoms with Crippen LogP contribution < -0.4 is 14.4 Å². The van der Waals surface area contributed by atoms with Gasteiger partial charge in [0.25, 0.3) is 0 Å². The Bertz CT molecular complexity index is 1550. The third-order valence-corrected chi connectivity index (χ3v) is 7.53. The summed E-state index contributed by atoms with van der Waals surface area (Å²) in [5, 5.41) is 4.74. The summed E-state index contributed by atoms with van der Waals surface area (Å²) in [7, 11) is 0. The first-order chi connectivity index (χ1) is 19.4. The van der Waals surface area contributed by atoms with E-state index in [1.807, 2.05) is 17.0 Å². The molecule has 10 heteroatoms. The normalized spacial score (nSPS) is 15.3. The Morgan fingerprint density at radius 2 is 1.88 bits per heavy atom. The van der Waals surface area contributed by atoms with E-state index >= 15 is 0 Å². The van der Waals surface area contributed by atoms with Gasteiger partial charge in [-0.3, -0.25) is 4.79 Å². The zero-order valence-electron chi connectivity index (χ0n) is 21.2. The van der Waals surface area contributed by atoms with E-state index in [1.165, 1.54) is 18.2 Å². The van der Waals surface area contributed by atoms with E-state index in [2.05, 4.69) is 5.16 Å². The van der Waals surface area contributed by atoms with E-state index in [0.29, 0.717) is 64.0 Å². The highest BCUT2D eigenvalue weighted by Crippen LogP contribution is 2.45. The average molecular weight is 569 g/mol. The van der Waals surface area contributed by atoms with Gasteiger partial charge in [0, 0.05) is 46.8 Å². The predicted molar refractivity (Wildman–Crippen MR) is 143 cm³/mol. The third kappa shape index (κ3) is 5.38. The molecule has 6 nitrogen and oxygen atoms in total. The molecule has 2 heterocycles. The van der Waals surface area contributed by atoms with Crippen molar-refractivity contribution in [1.29, 1.82) is 0 Å². The Kier molecular flexibility index (Phi) is 7.14. The molecule has 1 aliphatic carbocycles. The summed E-state index contributed by atoms with van der Waals surface area (Å²) < 4.78 is 56.3. The Morgan fingerprint density at radius 1 is 1.07 bits per heavy atom. The van der Waals surface area contributed by atoms with Gasteiger partial charge in [0.15, 0.2) is 0 Å². The fourth-order valence-corrected chi connectivity index (χ4v) is 5.34. The molecular formula is C30H24ClF3N2O4. The standard InChI is InChI=1S/C30H24ClF3N2O4/c31-26-12-22(7-8-23(26)19-13-36(14-19)21-10-17(15-37)9-20(32)11-21)38-16-25-28(35-40-29(25)18-5-6-18)24-3-1-2-4-27(24)39-30(33)34/h1-4,7-12,15,18-19,30H,5-6,13-14,16H2. The molecule has 1 saturated heterocycles. The summed E-state index contributed by atoms with van der Waals surface area (Å²) >= 11 is 6.63. The van der Waals surface area contributed by atoms with Crippen molar-refractivity contribution >= 4 is 23.6 Å². The molecule has 3 aromatic carbocycles. The van der Waals surface area contributed by atoms with E-state index < -0.39 is 12.4 Å². The number of rotatable bonds is 10. The summed E-state index contributed by atoms with van der Waals surface area (Å²) in [6.07, 6.45) is 2.55. The highest BCUT2D eigenvalue weighted by atomic mass is 35.5. The fraction of sp³-hybridized carbons (Fsp3) is 0.267. The highest BCUT2D eigenvalue weighted by molar-refractivity contribution is 6.31. The lowest BCUT2D eigenvalue weighted by molar-refractivity contribution is -0.0494. The zero-order chi connectivity index (χ0) is 27.8. The molecule has 0 radical (unpaired) electrons. The Hall–Kier alpha value is -3.98. The number of alkyl halides is 2. The number of aldehydes is 1. The second-order valence-electron chi connectivity index (χ2n) is 9.96. The first-order valence-corrected chi connectivity index (χ1v) is 13.2. The quantitative estimate of drug-likeness (QED) is 0.183. The average Bonchev–Trinajstić information content (AvgIpc) is 3.66. The molecule has 1 aliphatic heterocycles. The number of carbonyl (C=O) groups excluding carboxylic acids is 1. The monoisotopic (exact) mass is 568 g/mol. The van der Waals surface area contributed by atoms with Crippen LogP contribution in [-0.4, -0.2) is 31.1 Å². The minimum atomic E-state index is -2.97. The van der Waals surface area contributed by atoms with Crippen molar-refractivity contribution in [3.8, 4) is 22.8 Å². The van der Waals surface area contributed by atoms with Crippen LogP contribution in [0, 0.1) is 5.82 Å². The second kappa shape index (κ2) is 10.9. The molecule has 0 spiro atoms. The van der Waals surface area contributed by atoms with Crippen molar-refractivity contribution < 1.29 is 32.0 Å². The summed E-state index contributed by atoms with van der Waals surface area (Å²) in [4.78, 5) is 13.1. The molecule has 0 unspecified atom stereocenters. The maximum absolute atomic E-state index is 13.8. The zero-order valence-corrected chi connectivity index (χ0v) is 21.9.